The van der Waals surface area contributed by atoms with E-state index in [-0.39, 0.29) is 0 Å². The molecule has 1 aromatic carbocycles. The molecule has 0 radical (unpaired) electrons. The maximum atomic E-state index is 5.56. The minimum atomic E-state index is 0.474. The van der Waals surface area contributed by atoms with Gasteiger partial charge in [0.15, 0.2) is 0 Å². The van der Waals surface area contributed by atoms with Gasteiger partial charge in [0.05, 0.1) is 12.1 Å². The van der Waals surface area contributed by atoms with E-state index in [4.69, 9.17) is 22.7 Å². The predicted molar refractivity (Wildman–Crippen MR) is 79.9 cm³/mol. The normalized spacial score (nSPS) is 10.9. The van der Waals surface area contributed by atoms with Crippen LogP contribution in [0, 0.1) is 0 Å². The summed E-state index contributed by atoms with van der Waals surface area (Å²) in [5.74, 6) is 0.887. The van der Waals surface area contributed by atoms with E-state index in [0.717, 1.165) is 25.3 Å². The fourth-order valence-electron chi connectivity index (χ4n) is 1.74. The van der Waals surface area contributed by atoms with Crippen molar-refractivity contribution in [2.45, 2.75) is 32.9 Å². The lowest BCUT2D eigenvalue weighted by Gasteiger charge is -2.26. The van der Waals surface area contributed by atoms with Crippen LogP contribution in [-0.4, -0.2) is 29.6 Å². The second kappa shape index (κ2) is 7.34. The number of hydrogen-bond donors (Lipinski definition) is 1. The third-order valence-corrected chi connectivity index (χ3v) is 3.12. The highest BCUT2D eigenvalue weighted by Gasteiger charge is 2.10. The second-order valence-corrected chi connectivity index (χ2v) is 5.15. The molecule has 0 unspecified atom stereocenters. The molecule has 1 aromatic rings. The first-order valence-electron chi connectivity index (χ1n) is 6.18. The van der Waals surface area contributed by atoms with Crippen molar-refractivity contribution < 1.29 is 4.74 Å². The molecule has 0 heterocycles. The van der Waals surface area contributed by atoms with Crippen molar-refractivity contribution in [3.05, 3.63) is 29.8 Å². The second-order valence-electron chi connectivity index (χ2n) is 4.63. The van der Waals surface area contributed by atoms with Crippen LogP contribution in [0.15, 0.2) is 24.3 Å². The van der Waals surface area contributed by atoms with Crippen molar-refractivity contribution in [1.82, 2.24) is 4.90 Å². The number of benzene rings is 1. The zero-order valence-electron chi connectivity index (χ0n) is 11.3. The maximum absolute atomic E-state index is 5.56. The zero-order valence-corrected chi connectivity index (χ0v) is 12.2. The molecule has 0 aliphatic rings. The fourth-order valence-corrected chi connectivity index (χ4v) is 1.83. The van der Waals surface area contributed by atoms with Crippen molar-refractivity contribution in [3.63, 3.8) is 0 Å². The standard InChI is InChI=1S/C14H22N2OS/c1-11(2)16(9-8-14(15)18)10-12-4-6-13(17-3)7-5-12/h4-7,11H,8-10H2,1-3H3,(H2,15,18). The van der Waals surface area contributed by atoms with E-state index >= 15 is 0 Å². The summed E-state index contributed by atoms with van der Waals surface area (Å²) in [6, 6.07) is 8.63. The lowest BCUT2D eigenvalue weighted by molar-refractivity contribution is 0.219. The van der Waals surface area contributed by atoms with Gasteiger partial charge in [-0.1, -0.05) is 24.4 Å². The first-order chi connectivity index (χ1) is 8.52. The minimum Gasteiger partial charge on any atom is -0.497 e. The van der Waals surface area contributed by atoms with Crippen molar-refractivity contribution in [1.29, 1.82) is 0 Å². The van der Waals surface area contributed by atoms with E-state index in [1.807, 2.05) is 12.1 Å². The first-order valence-corrected chi connectivity index (χ1v) is 6.59. The Balaban J connectivity index is 2.61. The van der Waals surface area contributed by atoms with E-state index in [9.17, 15) is 0 Å². The molecule has 0 fully saturated rings. The Morgan fingerprint density at radius 3 is 2.39 bits per heavy atom. The van der Waals surface area contributed by atoms with Gasteiger partial charge in [-0.05, 0) is 31.5 Å². The van der Waals surface area contributed by atoms with E-state index in [2.05, 4.69) is 30.9 Å². The monoisotopic (exact) mass is 266 g/mol. The van der Waals surface area contributed by atoms with Crippen LogP contribution in [-0.2, 0) is 6.54 Å². The molecule has 18 heavy (non-hydrogen) atoms. The molecule has 2 N–H and O–H groups in total. The summed E-state index contributed by atoms with van der Waals surface area (Å²) < 4.78 is 5.15. The fraction of sp³-hybridized carbons (Fsp3) is 0.500. The largest absolute Gasteiger partial charge is 0.497 e. The van der Waals surface area contributed by atoms with Gasteiger partial charge in [0, 0.05) is 25.6 Å². The van der Waals surface area contributed by atoms with Crippen LogP contribution < -0.4 is 10.5 Å². The summed E-state index contributed by atoms with van der Waals surface area (Å²) in [6.07, 6.45) is 0.768. The Morgan fingerprint density at radius 1 is 1.33 bits per heavy atom. The van der Waals surface area contributed by atoms with Gasteiger partial charge in [0.1, 0.15) is 5.75 Å². The van der Waals surface area contributed by atoms with E-state index < -0.39 is 0 Å². The average Bonchev–Trinajstić information content (AvgIpc) is 2.34. The van der Waals surface area contributed by atoms with Gasteiger partial charge in [-0.2, -0.15) is 0 Å². The molecule has 0 spiro atoms. The van der Waals surface area contributed by atoms with Crippen molar-refractivity contribution in [3.8, 4) is 5.75 Å². The summed E-state index contributed by atoms with van der Waals surface area (Å²) in [6.45, 7) is 6.18. The van der Waals surface area contributed by atoms with Crippen LogP contribution in [0.2, 0.25) is 0 Å². The number of nitrogens with two attached hydrogens (primary N) is 1. The maximum Gasteiger partial charge on any atom is 0.118 e. The van der Waals surface area contributed by atoms with Gasteiger partial charge in [0.2, 0.25) is 0 Å². The van der Waals surface area contributed by atoms with E-state index in [0.29, 0.717) is 11.0 Å². The van der Waals surface area contributed by atoms with Gasteiger partial charge >= 0.3 is 0 Å². The van der Waals surface area contributed by atoms with Crippen LogP contribution in [0.25, 0.3) is 0 Å². The average molecular weight is 266 g/mol. The summed E-state index contributed by atoms with van der Waals surface area (Å²) in [5.41, 5.74) is 6.83. The summed E-state index contributed by atoms with van der Waals surface area (Å²) in [4.78, 5) is 2.94. The third kappa shape index (κ3) is 5.02. The molecule has 1 rings (SSSR count). The SMILES string of the molecule is COc1ccc(CN(CCC(N)=S)C(C)C)cc1. The lowest BCUT2D eigenvalue weighted by Crippen LogP contribution is -2.33. The van der Waals surface area contributed by atoms with Crippen LogP contribution >= 0.6 is 12.2 Å². The van der Waals surface area contributed by atoms with Crippen LogP contribution in [0.1, 0.15) is 25.8 Å². The highest BCUT2D eigenvalue weighted by Crippen LogP contribution is 2.14. The molecule has 4 heteroatoms. The van der Waals surface area contributed by atoms with Crippen molar-refractivity contribution in [2.24, 2.45) is 5.73 Å². The summed E-state index contributed by atoms with van der Waals surface area (Å²) in [7, 11) is 1.68. The van der Waals surface area contributed by atoms with Crippen molar-refractivity contribution >= 4 is 17.2 Å². The molecule has 0 atom stereocenters. The summed E-state index contributed by atoms with van der Waals surface area (Å²) in [5, 5.41) is 0. The van der Waals surface area contributed by atoms with Gasteiger partial charge in [-0.25, -0.2) is 0 Å². The number of rotatable bonds is 7. The molecule has 0 amide bonds. The Morgan fingerprint density at radius 2 is 1.94 bits per heavy atom. The molecule has 0 saturated heterocycles. The molecular weight excluding hydrogens is 244 g/mol. The van der Waals surface area contributed by atoms with Gasteiger partial charge < -0.3 is 10.5 Å². The molecule has 100 valence electrons. The lowest BCUT2D eigenvalue weighted by atomic mass is 10.1. The molecular formula is C14H22N2OS. The molecule has 0 bridgehead atoms. The highest BCUT2D eigenvalue weighted by atomic mass is 32.1. The van der Waals surface area contributed by atoms with Crippen LogP contribution in [0.3, 0.4) is 0 Å². The summed E-state index contributed by atoms with van der Waals surface area (Å²) >= 11 is 4.93. The van der Waals surface area contributed by atoms with E-state index in [1.165, 1.54) is 5.56 Å². The van der Waals surface area contributed by atoms with E-state index in [1.54, 1.807) is 7.11 Å². The third-order valence-electron chi connectivity index (χ3n) is 2.92. The molecule has 0 saturated carbocycles. The van der Waals surface area contributed by atoms with Crippen molar-refractivity contribution in [2.75, 3.05) is 13.7 Å². The smallest absolute Gasteiger partial charge is 0.118 e. The first kappa shape index (κ1) is 14.9. The zero-order chi connectivity index (χ0) is 13.5. The Kier molecular flexibility index (Phi) is 6.09. The van der Waals surface area contributed by atoms with Gasteiger partial charge in [0.25, 0.3) is 0 Å². The number of hydrogen-bond acceptors (Lipinski definition) is 3. The van der Waals surface area contributed by atoms with Crippen LogP contribution in [0.5, 0.6) is 5.75 Å². The quantitative estimate of drug-likeness (QED) is 0.770. The number of methoxy groups -OCH3 is 1. The highest BCUT2D eigenvalue weighted by molar-refractivity contribution is 7.80. The number of thiocarbonyl (C=S) groups is 1. The van der Waals surface area contributed by atoms with Gasteiger partial charge in [-0.3, -0.25) is 4.90 Å². The predicted octanol–water partition coefficient (Wildman–Crippen LogP) is 2.58. The van der Waals surface area contributed by atoms with Crippen LogP contribution in [0.4, 0.5) is 0 Å². The molecule has 0 aliphatic heterocycles. The van der Waals surface area contributed by atoms with Gasteiger partial charge in [-0.15, -0.1) is 0 Å². The number of ether oxygens (including phenoxy) is 1. The minimum absolute atomic E-state index is 0.474. The Bertz CT molecular complexity index is 376. The molecule has 0 aromatic heterocycles. The number of nitrogens with zero attached hydrogens (tertiary/aromatic N) is 1. The Labute approximate surface area is 115 Å². The topological polar surface area (TPSA) is 38.5 Å². The Hall–Kier alpha value is -1.13. The molecule has 3 nitrogen and oxygen atoms in total. The molecule has 0 aliphatic carbocycles.